The molecule has 0 aliphatic rings. The number of unbranched alkanes of at least 4 members (excludes halogenated alkanes) is 2. The molecule has 0 radical (unpaired) electrons. The molecule has 2 atom stereocenters. The number of hydrogen-bond acceptors (Lipinski definition) is 1. The minimum Gasteiger partial charge on any atom is -0.260 e. The Kier molecular flexibility index (Phi) is 10.3. The Morgan fingerprint density at radius 2 is 1.00 bits per heavy atom. The molecule has 2 rings (SSSR count). The molecule has 0 heterocycles. The largest absolute Gasteiger partial charge is 0.260 e. The van der Waals surface area contributed by atoms with Crippen LogP contribution in [0.4, 0.5) is 0 Å². The van der Waals surface area contributed by atoms with Crippen LogP contribution in [0.15, 0.2) is 60.7 Å². The van der Waals surface area contributed by atoms with E-state index >= 15 is 0 Å². The highest BCUT2D eigenvalue weighted by Crippen LogP contribution is 2.34. The van der Waals surface area contributed by atoms with E-state index in [0.29, 0.717) is 0 Å². The topological polar surface area (TPSA) is 17.1 Å². The van der Waals surface area contributed by atoms with Gasteiger partial charge in [-0.2, -0.15) is 0 Å². The summed E-state index contributed by atoms with van der Waals surface area (Å²) in [5.74, 6) is 1.72. The second kappa shape index (κ2) is 12.4. The summed E-state index contributed by atoms with van der Waals surface area (Å²) in [7, 11) is -0.669. The lowest BCUT2D eigenvalue weighted by atomic mass is 9.76. The van der Waals surface area contributed by atoms with Crippen molar-refractivity contribution in [2.24, 2.45) is 0 Å². The molecule has 0 aliphatic carbocycles. The molecule has 30 heavy (non-hydrogen) atoms. The van der Waals surface area contributed by atoms with E-state index < -0.39 is 10.8 Å². The van der Waals surface area contributed by atoms with Crippen molar-refractivity contribution in [3.05, 3.63) is 71.8 Å². The van der Waals surface area contributed by atoms with Gasteiger partial charge in [0.25, 0.3) is 0 Å². The van der Waals surface area contributed by atoms with Crippen molar-refractivity contribution in [3.63, 3.8) is 0 Å². The van der Waals surface area contributed by atoms with Crippen LogP contribution in [-0.2, 0) is 21.6 Å². The Bertz CT molecular complexity index is 678. The molecule has 0 aromatic heterocycles. The Hall–Kier alpha value is -1.41. The molecule has 0 N–H and O–H groups in total. The lowest BCUT2D eigenvalue weighted by molar-refractivity contribution is 0.402. The maximum atomic E-state index is 12.5. The first-order valence-corrected chi connectivity index (χ1v) is 13.4. The van der Waals surface area contributed by atoms with Crippen molar-refractivity contribution < 1.29 is 4.21 Å². The van der Waals surface area contributed by atoms with Gasteiger partial charge in [-0.15, -0.1) is 0 Å². The molecule has 0 saturated heterocycles. The molecule has 2 aromatic rings. The zero-order chi connectivity index (χ0) is 21.9. The lowest BCUT2D eigenvalue weighted by Crippen LogP contribution is -2.21. The molecule has 2 heteroatoms. The molecule has 0 amide bonds. The highest BCUT2D eigenvalue weighted by atomic mass is 32.2. The summed E-state index contributed by atoms with van der Waals surface area (Å²) in [4.78, 5) is 0. The average Bonchev–Trinajstić information content (AvgIpc) is 2.80. The first-order chi connectivity index (χ1) is 14.4. The van der Waals surface area contributed by atoms with Crippen LogP contribution in [-0.4, -0.2) is 15.7 Å². The van der Waals surface area contributed by atoms with Crippen molar-refractivity contribution in [2.75, 3.05) is 11.5 Å². The maximum absolute atomic E-state index is 12.5. The van der Waals surface area contributed by atoms with E-state index in [-0.39, 0.29) is 10.8 Å². The maximum Gasteiger partial charge on any atom is 0.0234 e. The first kappa shape index (κ1) is 24.9. The van der Waals surface area contributed by atoms with Crippen molar-refractivity contribution >= 4 is 10.8 Å². The smallest absolute Gasteiger partial charge is 0.0234 e. The van der Waals surface area contributed by atoms with Crippen LogP contribution >= 0.6 is 0 Å². The van der Waals surface area contributed by atoms with Crippen LogP contribution in [0.5, 0.6) is 0 Å². The third-order valence-corrected chi connectivity index (χ3v) is 8.69. The van der Waals surface area contributed by atoms with Gasteiger partial charge in [-0.05, 0) is 60.5 Å². The quantitative estimate of drug-likeness (QED) is 0.281. The zero-order valence-corrected chi connectivity index (χ0v) is 20.5. The molecule has 2 unspecified atom stereocenters. The summed E-state index contributed by atoms with van der Waals surface area (Å²) in [6.45, 7) is 9.31. The molecule has 0 spiro atoms. The highest BCUT2D eigenvalue weighted by Gasteiger charge is 2.24. The third kappa shape index (κ3) is 7.38. The fraction of sp³-hybridized carbons (Fsp3) is 0.571. The van der Waals surface area contributed by atoms with Crippen molar-refractivity contribution in [2.45, 2.75) is 89.9 Å². The molecule has 0 fully saturated rings. The van der Waals surface area contributed by atoms with Gasteiger partial charge in [-0.1, -0.05) is 101 Å². The second-order valence-electron chi connectivity index (χ2n) is 9.32. The summed E-state index contributed by atoms with van der Waals surface area (Å²) in [5, 5.41) is 0. The van der Waals surface area contributed by atoms with E-state index in [2.05, 4.69) is 88.4 Å². The second-order valence-corrected chi connectivity index (χ2v) is 11.0. The highest BCUT2D eigenvalue weighted by molar-refractivity contribution is 7.84. The van der Waals surface area contributed by atoms with Gasteiger partial charge in [-0.3, -0.25) is 4.21 Å². The van der Waals surface area contributed by atoms with Crippen molar-refractivity contribution in [3.8, 4) is 0 Å². The Morgan fingerprint density at radius 3 is 1.33 bits per heavy atom. The van der Waals surface area contributed by atoms with Gasteiger partial charge in [0.15, 0.2) is 0 Å². The zero-order valence-electron chi connectivity index (χ0n) is 19.7. The van der Waals surface area contributed by atoms with E-state index in [4.69, 9.17) is 0 Å². The Balaban J connectivity index is 1.67. The van der Waals surface area contributed by atoms with Crippen molar-refractivity contribution in [1.82, 2.24) is 0 Å². The van der Waals surface area contributed by atoms with Crippen LogP contribution in [0, 0.1) is 0 Å². The lowest BCUT2D eigenvalue weighted by Gasteiger charge is -2.29. The molecule has 0 bridgehead atoms. The summed E-state index contributed by atoms with van der Waals surface area (Å²) in [5.41, 5.74) is 3.35. The van der Waals surface area contributed by atoms with Gasteiger partial charge < -0.3 is 0 Å². The minimum atomic E-state index is -0.669. The summed E-state index contributed by atoms with van der Waals surface area (Å²) >= 11 is 0. The molecule has 0 saturated carbocycles. The summed E-state index contributed by atoms with van der Waals surface area (Å²) < 4.78 is 12.5. The van der Waals surface area contributed by atoms with E-state index in [1.807, 2.05) is 0 Å². The standard InChI is InChI=1S/C28H42OS/c1-5-27(3,25-17-9-7-10-18-25)21-13-15-23-30(29)24-16-14-22-28(4,6-2)26-19-11-8-12-20-26/h7-12,17-20H,5-6,13-16,21-24H2,1-4H3. The predicted octanol–water partition coefficient (Wildman–Crippen LogP) is 7.81. The first-order valence-electron chi connectivity index (χ1n) is 11.9. The molecular weight excluding hydrogens is 384 g/mol. The summed E-state index contributed by atoms with van der Waals surface area (Å²) in [6.07, 6.45) is 9.12. The van der Waals surface area contributed by atoms with Gasteiger partial charge in [0.2, 0.25) is 0 Å². The minimum absolute atomic E-state index is 0.241. The molecule has 0 aliphatic heterocycles. The normalized spacial score (nSPS) is 16.5. The average molecular weight is 427 g/mol. The third-order valence-electron chi connectivity index (χ3n) is 7.20. The SMILES string of the molecule is CCC(C)(CCCCS(=O)CCCCC(C)(CC)c1ccccc1)c1ccccc1. The van der Waals surface area contributed by atoms with Crippen LogP contribution < -0.4 is 0 Å². The monoisotopic (exact) mass is 426 g/mol. The number of benzene rings is 2. The Labute approximate surface area is 188 Å². The molecule has 2 aromatic carbocycles. The fourth-order valence-corrected chi connectivity index (χ4v) is 5.65. The van der Waals surface area contributed by atoms with Gasteiger partial charge in [0, 0.05) is 22.3 Å². The van der Waals surface area contributed by atoms with Gasteiger partial charge >= 0.3 is 0 Å². The van der Waals surface area contributed by atoms with E-state index in [1.54, 1.807) is 0 Å². The van der Waals surface area contributed by atoms with Gasteiger partial charge in [-0.25, -0.2) is 0 Å². The van der Waals surface area contributed by atoms with E-state index in [9.17, 15) is 4.21 Å². The van der Waals surface area contributed by atoms with E-state index in [1.165, 1.54) is 24.0 Å². The van der Waals surface area contributed by atoms with Gasteiger partial charge in [0.05, 0.1) is 0 Å². The van der Waals surface area contributed by atoms with Crippen LogP contribution in [0.1, 0.15) is 90.2 Å². The predicted molar refractivity (Wildman–Crippen MR) is 134 cm³/mol. The fourth-order valence-electron chi connectivity index (χ4n) is 4.39. The summed E-state index contributed by atoms with van der Waals surface area (Å²) in [6, 6.07) is 21.7. The van der Waals surface area contributed by atoms with Gasteiger partial charge in [0.1, 0.15) is 0 Å². The Morgan fingerprint density at radius 1 is 0.633 bits per heavy atom. The van der Waals surface area contributed by atoms with Crippen molar-refractivity contribution in [1.29, 1.82) is 0 Å². The number of hydrogen-bond donors (Lipinski definition) is 0. The number of rotatable bonds is 14. The molecule has 166 valence electrons. The van der Waals surface area contributed by atoms with E-state index in [0.717, 1.165) is 50.0 Å². The molecular formula is C28H42OS. The van der Waals surface area contributed by atoms with Crippen LogP contribution in [0.3, 0.4) is 0 Å². The van der Waals surface area contributed by atoms with Crippen LogP contribution in [0.25, 0.3) is 0 Å². The molecule has 1 nitrogen and oxygen atoms in total. The van der Waals surface area contributed by atoms with Crippen LogP contribution in [0.2, 0.25) is 0 Å².